The number of anilines is 2. The molecule has 2 amide bonds. The van der Waals surface area contributed by atoms with Crippen LogP contribution in [0.5, 0.6) is 0 Å². The topological polar surface area (TPSA) is 162 Å². The molecule has 2 atom stereocenters. The maximum absolute atomic E-state index is 11.8. The fourth-order valence-electron chi connectivity index (χ4n) is 1.76. The Balaban J connectivity index is 0.00000312. The molecule has 13 heteroatoms. The van der Waals surface area contributed by atoms with Crippen LogP contribution < -0.4 is 90.1 Å². The van der Waals surface area contributed by atoms with Gasteiger partial charge in [0.15, 0.2) is 15.2 Å². The van der Waals surface area contributed by atoms with Crippen LogP contribution in [-0.2, 0) is 9.13 Å². The van der Waals surface area contributed by atoms with Crippen LogP contribution in [0.15, 0.2) is 48.5 Å². The predicted molar refractivity (Wildman–Crippen MR) is 84.4 cm³/mol. The molecule has 128 valence electrons. The first-order valence-electron chi connectivity index (χ1n) is 6.42. The molecule has 2 aromatic carbocycles. The van der Waals surface area contributed by atoms with Crippen molar-refractivity contribution < 1.29 is 92.6 Å². The van der Waals surface area contributed by atoms with E-state index in [0.717, 1.165) is 24.3 Å². The van der Waals surface area contributed by atoms with Crippen LogP contribution in [0, 0.1) is 0 Å². The summed E-state index contributed by atoms with van der Waals surface area (Å²) >= 11 is 0. The Bertz CT molecular complexity index is 765. The van der Waals surface area contributed by atoms with Crippen molar-refractivity contribution in [1.29, 1.82) is 0 Å². The van der Waals surface area contributed by atoms with Crippen LogP contribution in [-0.4, -0.2) is 15.8 Å². The van der Waals surface area contributed by atoms with Crippen molar-refractivity contribution in [3.63, 3.8) is 0 Å². The Morgan fingerprint density at radius 2 is 1.00 bits per heavy atom. The molecular formula is C13H12N2Na2O7P2. The molecule has 0 saturated heterocycles. The molecule has 4 N–H and O–H groups in total. The van der Waals surface area contributed by atoms with Crippen molar-refractivity contribution in [1.82, 2.24) is 0 Å². The molecule has 0 aliphatic heterocycles. The van der Waals surface area contributed by atoms with Gasteiger partial charge in [0.05, 0.1) is 0 Å². The van der Waals surface area contributed by atoms with Gasteiger partial charge in [0, 0.05) is 22.0 Å². The van der Waals surface area contributed by atoms with Gasteiger partial charge in [0.2, 0.25) is 0 Å². The van der Waals surface area contributed by atoms with Crippen molar-refractivity contribution >= 4 is 43.2 Å². The van der Waals surface area contributed by atoms with Crippen LogP contribution >= 0.6 is 15.2 Å². The number of nitrogens with one attached hydrogen (secondary N) is 2. The maximum atomic E-state index is 11.8. The molecular weight excluding hydrogens is 404 g/mol. The normalized spacial score (nSPS) is 14.6. The summed E-state index contributed by atoms with van der Waals surface area (Å²) in [6, 6.07) is 9.03. The Morgan fingerprint density at radius 1 is 0.731 bits per heavy atom. The second-order valence-corrected chi connectivity index (χ2v) is 7.83. The van der Waals surface area contributed by atoms with Crippen LogP contribution in [0.3, 0.4) is 0 Å². The zero-order chi connectivity index (χ0) is 18.0. The monoisotopic (exact) mass is 416 g/mol. The second-order valence-electron chi connectivity index (χ2n) is 4.71. The van der Waals surface area contributed by atoms with Gasteiger partial charge in [-0.05, 0) is 48.5 Å². The van der Waals surface area contributed by atoms with Crippen LogP contribution in [0.4, 0.5) is 16.2 Å². The van der Waals surface area contributed by atoms with Crippen LogP contribution in [0.25, 0.3) is 0 Å². The van der Waals surface area contributed by atoms with E-state index in [0.29, 0.717) is 0 Å². The van der Waals surface area contributed by atoms with Gasteiger partial charge >= 0.3 is 65.1 Å². The zero-order valence-corrected chi connectivity index (χ0v) is 19.7. The molecule has 0 aliphatic carbocycles. The van der Waals surface area contributed by atoms with Gasteiger partial charge in [-0.15, -0.1) is 0 Å². The molecule has 0 saturated carbocycles. The predicted octanol–water partition coefficient (Wildman–Crippen LogP) is -6.32. The zero-order valence-electron chi connectivity index (χ0n) is 13.9. The van der Waals surface area contributed by atoms with E-state index in [4.69, 9.17) is 9.79 Å². The second kappa shape index (κ2) is 10.5. The Morgan fingerprint density at radius 3 is 1.23 bits per heavy atom. The molecule has 0 bridgehead atoms. The summed E-state index contributed by atoms with van der Waals surface area (Å²) in [4.78, 5) is 51.4. The number of rotatable bonds is 4. The van der Waals surface area contributed by atoms with E-state index in [1.807, 2.05) is 0 Å². The van der Waals surface area contributed by atoms with E-state index < -0.39 is 21.2 Å². The molecule has 26 heavy (non-hydrogen) atoms. The average molecular weight is 416 g/mol. The first kappa shape index (κ1) is 26.0. The average Bonchev–Trinajstić information content (AvgIpc) is 2.46. The number of urea groups is 1. The molecule has 0 fully saturated rings. The summed E-state index contributed by atoms with van der Waals surface area (Å²) in [6.45, 7) is 0. The van der Waals surface area contributed by atoms with Crippen molar-refractivity contribution in [2.75, 3.05) is 10.6 Å². The van der Waals surface area contributed by atoms with Crippen molar-refractivity contribution in [2.24, 2.45) is 0 Å². The summed E-state index contributed by atoms with van der Waals surface area (Å²) in [6.07, 6.45) is 0. The Hall–Kier alpha value is 0.0100. The SMILES string of the molecule is O=C(Nc1ccc(P(=O)([O-])O)cc1)Nc1ccc(P(=O)([O-])O)cc1.[Na+].[Na+]. The van der Waals surface area contributed by atoms with Crippen molar-refractivity contribution in [3.8, 4) is 0 Å². The first-order valence-corrected chi connectivity index (χ1v) is 9.58. The molecule has 0 aliphatic rings. The Kier molecular flexibility index (Phi) is 10.5. The molecule has 2 rings (SSSR count). The van der Waals surface area contributed by atoms with E-state index in [9.17, 15) is 23.7 Å². The standard InChI is InChI=1S/C13H14N2O7P2.2Na/c16-13(14-9-1-5-11(6-2-9)23(17,18)19)15-10-3-7-12(8-4-10)24(20,21)22;;/h1-8H,(H2,14,15,16)(H2,17,18,19)(H2,20,21,22);;/q;2*+1/p-2. The third-order valence-corrected chi connectivity index (χ3v) is 4.80. The van der Waals surface area contributed by atoms with E-state index >= 15 is 0 Å². The largest absolute Gasteiger partial charge is 1.00 e. The minimum atomic E-state index is -4.59. The third kappa shape index (κ3) is 7.94. The molecule has 2 aromatic rings. The fourth-order valence-corrected chi connectivity index (χ4v) is 2.81. The summed E-state index contributed by atoms with van der Waals surface area (Å²) in [5.74, 6) is 0. The number of benzene rings is 2. The number of carbonyl (C=O) groups excluding carboxylic acids is 1. The van der Waals surface area contributed by atoms with Gasteiger partial charge in [-0.25, -0.2) is 4.79 Å². The van der Waals surface area contributed by atoms with E-state index in [1.165, 1.54) is 24.3 Å². The van der Waals surface area contributed by atoms with Crippen LogP contribution in [0.1, 0.15) is 0 Å². The minimum absolute atomic E-state index is 0. The summed E-state index contributed by atoms with van der Waals surface area (Å²) in [5.41, 5.74) is 0.557. The van der Waals surface area contributed by atoms with Gasteiger partial charge in [-0.1, -0.05) is 0 Å². The summed E-state index contributed by atoms with van der Waals surface area (Å²) in [5, 5.41) is 4.28. The van der Waals surface area contributed by atoms with Crippen molar-refractivity contribution in [3.05, 3.63) is 48.5 Å². The van der Waals surface area contributed by atoms with E-state index in [-0.39, 0.29) is 81.1 Å². The third-order valence-electron chi connectivity index (χ3n) is 2.90. The van der Waals surface area contributed by atoms with Gasteiger partial charge in [0.25, 0.3) is 0 Å². The molecule has 0 spiro atoms. The molecule has 0 aromatic heterocycles. The van der Waals surface area contributed by atoms with E-state index in [1.54, 1.807) is 0 Å². The number of amides is 2. The molecule has 2 unspecified atom stereocenters. The summed E-state index contributed by atoms with van der Waals surface area (Å²) in [7, 11) is -9.19. The quantitative estimate of drug-likeness (QED) is 0.285. The van der Waals surface area contributed by atoms with Crippen LogP contribution in [0.2, 0.25) is 0 Å². The van der Waals surface area contributed by atoms with Crippen molar-refractivity contribution in [2.45, 2.75) is 0 Å². The first-order chi connectivity index (χ1) is 11.1. The van der Waals surface area contributed by atoms with Gasteiger partial charge < -0.3 is 39.3 Å². The fraction of sp³-hybridized carbons (Fsp3) is 0. The van der Waals surface area contributed by atoms with E-state index in [2.05, 4.69) is 10.6 Å². The van der Waals surface area contributed by atoms with Gasteiger partial charge in [-0.3, -0.25) is 0 Å². The minimum Gasteiger partial charge on any atom is -0.775 e. The molecule has 9 nitrogen and oxygen atoms in total. The Labute approximate surface area is 193 Å². The molecule has 0 heterocycles. The van der Waals surface area contributed by atoms with Gasteiger partial charge in [0.1, 0.15) is 0 Å². The smallest absolute Gasteiger partial charge is 0.775 e. The summed E-state index contributed by atoms with van der Waals surface area (Å²) < 4.78 is 21.9. The van der Waals surface area contributed by atoms with Gasteiger partial charge in [-0.2, -0.15) is 0 Å². The molecule has 0 radical (unpaired) electrons. The number of hydrogen-bond acceptors (Lipinski definition) is 5. The number of hydrogen-bond donors (Lipinski definition) is 4. The maximum Gasteiger partial charge on any atom is 1.00 e. The number of carbonyl (C=O) groups is 1.